The highest BCUT2D eigenvalue weighted by atomic mass is 16.2. The second kappa shape index (κ2) is 5.20. The summed E-state index contributed by atoms with van der Waals surface area (Å²) in [6.45, 7) is 9.20. The lowest BCUT2D eigenvalue weighted by atomic mass is 9.61. The monoisotopic (exact) mass is 252 g/mol. The van der Waals surface area contributed by atoms with Gasteiger partial charge in [0.25, 0.3) is 0 Å². The van der Waals surface area contributed by atoms with Crippen LogP contribution in [0.3, 0.4) is 0 Å². The maximum absolute atomic E-state index is 12.6. The van der Waals surface area contributed by atoms with E-state index in [1.807, 2.05) is 0 Å². The van der Waals surface area contributed by atoms with Gasteiger partial charge in [-0.2, -0.15) is 0 Å². The lowest BCUT2D eigenvalue weighted by Crippen LogP contribution is -2.56. The van der Waals surface area contributed by atoms with Crippen molar-refractivity contribution in [3.63, 3.8) is 0 Å². The number of hydrogen-bond acceptors (Lipinski definition) is 2. The van der Waals surface area contributed by atoms with Gasteiger partial charge in [0.05, 0.1) is 5.41 Å². The second-order valence-electron chi connectivity index (χ2n) is 6.87. The van der Waals surface area contributed by atoms with Crippen LogP contribution in [-0.4, -0.2) is 30.4 Å². The van der Waals surface area contributed by atoms with Crippen LogP contribution in [0.25, 0.3) is 0 Å². The van der Waals surface area contributed by atoms with E-state index in [-0.39, 0.29) is 5.41 Å². The Morgan fingerprint density at radius 1 is 1.33 bits per heavy atom. The quantitative estimate of drug-likeness (QED) is 0.837. The van der Waals surface area contributed by atoms with Gasteiger partial charge in [-0.1, -0.05) is 20.8 Å². The van der Waals surface area contributed by atoms with Gasteiger partial charge in [-0.05, 0) is 43.4 Å². The Balaban J connectivity index is 1.91. The van der Waals surface area contributed by atoms with Crippen LogP contribution in [-0.2, 0) is 4.79 Å². The van der Waals surface area contributed by atoms with Crippen molar-refractivity contribution in [1.82, 2.24) is 4.90 Å². The van der Waals surface area contributed by atoms with E-state index in [2.05, 4.69) is 25.7 Å². The molecular weight excluding hydrogens is 224 g/mol. The SMILES string of the molecule is CC1CC(CN)(C(=O)N2CCC(C(C)C)CC2)C1. The molecule has 3 nitrogen and oxygen atoms in total. The van der Waals surface area contributed by atoms with Crippen molar-refractivity contribution in [3.8, 4) is 0 Å². The lowest BCUT2D eigenvalue weighted by Gasteiger charge is -2.48. The summed E-state index contributed by atoms with van der Waals surface area (Å²) in [6, 6.07) is 0. The summed E-state index contributed by atoms with van der Waals surface area (Å²) < 4.78 is 0. The molecule has 2 rings (SSSR count). The van der Waals surface area contributed by atoms with E-state index in [0.717, 1.165) is 37.8 Å². The third-order valence-corrected chi connectivity index (χ3v) is 5.09. The Hall–Kier alpha value is -0.570. The Bertz CT molecular complexity index is 300. The summed E-state index contributed by atoms with van der Waals surface area (Å²) in [5.74, 6) is 2.55. The molecule has 1 saturated heterocycles. The van der Waals surface area contributed by atoms with E-state index in [1.165, 1.54) is 12.8 Å². The van der Waals surface area contributed by atoms with Crippen LogP contribution in [0, 0.1) is 23.2 Å². The summed E-state index contributed by atoms with van der Waals surface area (Å²) >= 11 is 0. The van der Waals surface area contributed by atoms with Gasteiger partial charge in [0, 0.05) is 19.6 Å². The summed E-state index contributed by atoms with van der Waals surface area (Å²) in [4.78, 5) is 14.7. The third-order valence-electron chi connectivity index (χ3n) is 5.09. The van der Waals surface area contributed by atoms with E-state index < -0.39 is 0 Å². The number of piperidine rings is 1. The van der Waals surface area contributed by atoms with Crippen molar-refractivity contribution in [1.29, 1.82) is 0 Å². The fourth-order valence-corrected chi connectivity index (χ4v) is 3.81. The zero-order valence-electron chi connectivity index (χ0n) is 12.1. The Morgan fingerprint density at radius 3 is 2.28 bits per heavy atom. The molecule has 1 amide bonds. The average molecular weight is 252 g/mol. The highest BCUT2D eigenvalue weighted by Crippen LogP contribution is 2.46. The van der Waals surface area contributed by atoms with Crippen molar-refractivity contribution in [2.45, 2.75) is 46.5 Å². The highest BCUT2D eigenvalue weighted by Gasteiger charge is 2.49. The fraction of sp³-hybridized carbons (Fsp3) is 0.933. The Morgan fingerprint density at radius 2 is 1.89 bits per heavy atom. The van der Waals surface area contributed by atoms with Gasteiger partial charge in [-0.3, -0.25) is 4.79 Å². The lowest BCUT2D eigenvalue weighted by molar-refractivity contribution is -0.151. The van der Waals surface area contributed by atoms with Crippen LogP contribution in [0.1, 0.15) is 46.5 Å². The van der Waals surface area contributed by atoms with E-state index >= 15 is 0 Å². The van der Waals surface area contributed by atoms with E-state index in [4.69, 9.17) is 5.73 Å². The van der Waals surface area contributed by atoms with Crippen LogP contribution < -0.4 is 5.73 Å². The Labute approximate surface area is 111 Å². The number of hydrogen-bond donors (Lipinski definition) is 1. The van der Waals surface area contributed by atoms with Gasteiger partial charge >= 0.3 is 0 Å². The minimum absolute atomic E-state index is 0.204. The van der Waals surface area contributed by atoms with Gasteiger partial charge in [-0.15, -0.1) is 0 Å². The zero-order chi connectivity index (χ0) is 13.3. The normalized spacial score (nSPS) is 33.6. The van der Waals surface area contributed by atoms with Gasteiger partial charge < -0.3 is 10.6 Å². The predicted molar refractivity (Wildman–Crippen MR) is 74.0 cm³/mol. The minimum Gasteiger partial charge on any atom is -0.342 e. The third kappa shape index (κ3) is 2.42. The minimum atomic E-state index is -0.204. The summed E-state index contributed by atoms with van der Waals surface area (Å²) in [5, 5.41) is 0. The molecule has 0 spiro atoms. The Kier molecular flexibility index (Phi) is 4.00. The van der Waals surface area contributed by atoms with Gasteiger partial charge in [0.2, 0.25) is 5.91 Å². The van der Waals surface area contributed by atoms with Crippen LogP contribution in [0.4, 0.5) is 0 Å². The first kappa shape index (κ1) is 13.9. The fourth-order valence-electron chi connectivity index (χ4n) is 3.81. The molecule has 0 radical (unpaired) electrons. The van der Waals surface area contributed by atoms with Gasteiger partial charge in [0.1, 0.15) is 0 Å². The number of nitrogens with two attached hydrogens (primary N) is 1. The van der Waals surface area contributed by atoms with Crippen molar-refractivity contribution < 1.29 is 4.79 Å². The maximum Gasteiger partial charge on any atom is 0.230 e. The molecule has 0 aromatic rings. The largest absolute Gasteiger partial charge is 0.342 e. The molecule has 1 aliphatic carbocycles. The van der Waals surface area contributed by atoms with E-state index in [1.54, 1.807) is 0 Å². The molecule has 3 heteroatoms. The molecule has 1 aliphatic heterocycles. The highest BCUT2D eigenvalue weighted by molar-refractivity contribution is 5.84. The van der Waals surface area contributed by atoms with Crippen LogP contribution in [0.5, 0.6) is 0 Å². The molecular formula is C15H28N2O. The standard InChI is InChI=1S/C15H28N2O/c1-11(2)13-4-6-17(7-5-13)14(18)15(10-16)8-12(3)9-15/h11-13H,4-10,16H2,1-3H3. The average Bonchev–Trinajstić information content (AvgIpc) is 2.34. The molecule has 1 saturated carbocycles. The van der Waals surface area contributed by atoms with Gasteiger partial charge in [0.15, 0.2) is 0 Å². The molecule has 104 valence electrons. The van der Waals surface area contributed by atoms with Crippen molar-refractivity contribution in [2.24, 2.45) is 28.9 Å². The van der Waals surface area contributed by atoms with Crippen molar-refractivity contribution in [3.05, 3.63) is 0 Å². The first-order valence-electron chi connectivity index (χ1n) is 7.48. The first-order valence-corrected chi connectivity index (χ1v) is 7.48. The van der Waals surface area contributed by atoms with E-state index in [0.29, 0.717) is 18.4 Å². The predicted octanol–water partition coefficient (Wildman–Crippen LogP) is 2.26. The number of likely N-dealkylation sites (tertiary alicyclic amines) is 1. The molecule has 0 atom stereocenters. The van der Waals surface area contributed by atoms with Crippen LogP contribution in [0.15, 0.2) is 0 Å². The molecule has 0 bridgehead atoms. The summed E-state index contributed by atoms with van der Waals surface area (Å²) in [7, 11) is 0. The molecule has 2 fully saturated rings. The molecule has 0 aromatic carbocycles. The number of amides is 1. The van der Waals surface area contributed by atoms with Crippen molar-refractivity contribution in [2.75, 3.05) is 19.6 Å². The summed E-state index contributed by atoms with van der Waals surface area (Å²) in [6.07, 6.45) is 4.32. The molecule has 1 heterocycles. The summed E-state index contributed by atoms with van der Waals surface area (Å²) in [5.41, 5.74) is 5.66. The first-order chi connectivity index (χ1) is 8.48. The smallest absolute Gasteiger partial charge is 0.230 e. The van der Waals surface area contributed by atoms with Crippen LogP contribution >= 0.6 is 0 Å². The molecule has 2 aliphatic rings. The molecule has 18 heavy (non-hydrogen) atoms. The zero-order valence-corrected chi connectivity index (χ0v) is 12.1. The number of rotatable bonds is 3. The number of carbonyl (C=O) groups excluding carboxylic acids is 1. The topological polar surface area (TPSA) is 46.3 Å². The number of carbonyl (C=O) groups is 1. The molecule has 2 N–H and O–H groups in total. The maximum atomic E-state index is 12.6. The van der Waals surface area contributed by atoms with E-state index in [9.17, 15) is 4.79 Å². The van der Waals surface area contributed by atoms with Crippen molar-refractivity contribution >= 4 is 5.91 Å². The second-order valence-corrected chi connectivity index (χ2v) is 6.87. The molecule has 0 unspecified atom stereocenters. The van der Waals surface area contributed by atoms with Crippen LogP contribution in [0.2, 0.25) is 0 Å². The molecule has 0 aromatic heterocycles. The number of nitrogens with zero attached hydrogens (tertiary/aromatic N) is 1. The van der Waals surface area contributed by atoms with Gasteiger partial charge in [-0.25, -0.2) is 0 Å².